The van der Waals surface area contributed by atoms with E-state index in [1.165, 1.54) is 4.57 Å². The van der Waals surface area contributed by atoms with E-state index in [4.69, 9.17) is 9.47 Å². The molecule has 22 heavy (non-hydrogen) atoms. The Morgan fingerprint density at radius 1 is 0.864 bits per heavy atom. The topological polar surface area (TPSA) is 74.0 Å². The molecule has 0 amide bonds. The fraction of sp³-hybridized carbons (Fsp3) is 0.867. The van der Waals surface area contributed by atoms with Crippen molar-refractivity contribution in [3.05, 3.63) is 21.0 Å². The van der Waals surface area contributed by atoms with Gasteiger partial charge in [0.05, 0.1) is 24.3 Å². The fourth-order valence-electron chi connectivity index (χ4n) is 8.93. The Labute approximate surface area is 123 Å². The first-order valence-electron chi connectivity index (χ1n) is 8.39. The normalized spacial score (nSPS) is 73.1. The van der Waals surface area contributed by atoms with E-state index in [1.54, 1.807) is 7.05 Å². The molecule has 0 radical (unpaired) electrons. The van der Waals surface area contributed by atoms with Crippen LogP contribution < -0.4 is 11.4 Å². The van der Waals surface area contributed by atoms with Gasteiger partial charge >= 0.3 is 11.4 Å². The van der Waals surface area contributed by atoms with E-state index >= 15 is 0 Å². The number of epoxide rings is 2. The van der Waals surface area contributed by atoms with Gasteiger partial charge in [-0.3, -0.25) is 0 Å². The summed E-state index contributed by atoms with van der Waals surface area (Å²) in [5, 5.41) is 0. The van der Waals surface area contributed by atoms with Gasteiger partial charge in [0, 0.05) is 17.9 Å². The lowest BCUT2D eigenvalue weighted by Crippen LogP contribution is -2.57. The molecule has 4 aliphatic heterocycles. The predicted molar refractivity (Wildman–Crippen MR) is 68.2 cm³/mol. The molecule has 0 N–H and O–H groups in total. The van der Waals surface area contributed by atoms with Crippen molar-refractivity contribution in [2.24, 2.45) is 41.5 Å². The molecule has 10 rings (SSSR count). The zero-order chi connectivity index (χ0) is 14.1. The molecule has 5 aliphatic carbocycles. The molecule has 1 aromatic rings. The minimum Gasteiger partial charge on any atom is -0.366 e. The average Bonchev–Trinajstić information content (AvgIpc) is 3.33. The summed E-state index contributed by atoms with van der Waals surface area (Å²) in [6, 6.07) is 0.387. The van der Waals surface area contributed by atoms with Crippen LogP contribution in [0.4, 0.5) is 0 Å². The van der Waals surface area contributed by atoms with E-state index in [2.05, 4.69) is 0 Å². The van der Waals surface area contributed by atoms with E-state index in [0.717, 1.165) is 5.92 Å². The van der Waals surface area contributed by atoms with Gasteiger partial charge in [0.1, 0.15) is 12.2 Å². The largest absolute Gasteiger partial charge is 0.366 e. The third-order valence-corrected chi connectivity index (χ3v) is 9.02. The first-order chi connectivity index (χ1) is 10.7. The lowest BCUT2D eigenvalue weighted by Gasteiger charge is -2.48. The number of hydrogen-bond donors (Lipinski definition) is 0. The summed E-state index contributed by atoms with van der Waals surface area (Å²) < 4.78 is 17.1. The number of nitrogens with zero attached hydrogens (tertiary/aromatic N) is 3. The van der Waals surface area contributed by atoms with Crippen LogP contribution in [-0.2, 0) is 16.5 Å². The molecule has 0 aromatic carbocycles. The SMILES string of the molecule is Cn1c(=O)n2n(c1=O)[C@@H]1[C@H]3C4C5[C@]6([C@@H]2[C@H]43)[C@H]2O[C@H]2[C@H]2O[C@@H]2[C@@]516. The van der Waals surface area contributed by atoms with Gasteiger partial charge in [-0.2, -0.15) is 0 Å². The summed E-state index contributed by atoms with van der Waals surface area (Å²) in [7, 11) is 1.61. The van der Waals surface area contributed by atoms with Crippen molar-refractivity contribution in [2.75, 3.05) is 0 Å². The van der Waals surface area contributed by atoms with Crippen molar-refractivity contribution >= 4 is 0 Å². The van der Waals surface area contributed by atoms with E-state index in [-0.39, 0.29) is 46.5 Å². The van der Waals surface area contributed by atoms with Crippen molar-refractivity contribution in [2.45, 2.75) is 36.5 Å². The lowest BCUT2D eigenvalue weighted by molar-refractivity contribution is -0.0267. The first-order valence-corrected chi connectivity index (χ1v) is 8.39. The highest BCUT2D eigenvalue weighted by molar-refractivity contribution is 5.56. The Kier molecular flexibility index (Phi) is 0.910. The van der Waals surface area contributed by atoms with Crippen LogP contribution in [0.2, 0.25) is 0 Å². The minimum absolute atomic E-state index is 0.127. The summed E-state index contributed by atoms with van der Waals surface area (Å²) in [6.07, 6.45) is 1.13. The number of hydrogen-bond acceptors (Lipinski definition) is 4. The van der Waals surface area contributed by atoms with Crippen molar-refractivity contribution < 1.29 is 9.47 Å². The summed E-state index contributed by atoms with van der Waals surface area (Å²) >= 11 is 0. The summed E-state index contributed by atoms with van der Waals surface area (Å²) in [6.45, 7) is 0. The van der Waals surface area contributed by atoms with Crippen molar-refractivity contribution in [3.63, 3.8) is 0 Å². The van der Waals surface area contributed by atoms with Crippen LogP contribution in [0, 0.1) is 34.5 Å². The number of ether oxygens (including phenoxy) is 2. The molecule has 9 aliphatic rings. The summed E-state index contributed by atoms with van der Waals surface area (Å²) in [5.41, 5.74) is -0.00465. The van der Waals surface area contributed by atoms with Gasteiger partial charge in [-0.1, -0.05) is 0 Å². The quantitative estimate of drug-likeness (QED) is 0.546. The zero-order valence-corrected chi connectivity index (χ0v) is 11.7. The molecule has 2 bridgehead atoms. The third kappa shape index (κ3) is 0.502. The Hall–Kier alpha value is -1.34. The second-order valence-electron chi connectivity index (χ2n) is 8.82. The second kappa shape index (κ2) is 2.06. The van der Waals surface area contributed by atoms with Crippen molar-refractivity contribution in [3.8, 4) is 0 Å². The van der Waals surface area contributed by atoms with Crippen LogP contribution >= 0.6 is 0 Å². The highest BCUT2D eigenvalue weighted by atomic mass is 16.7. The summed E-state index contributed by atoms with van der Waals surface area (Å²) in [4.78, 5) is 25.4. The van der Waals surface area contributed by atoms with E-state index in [0.29, 0.717) is 30.0 Å². The van der Waals surface area contributed by atoms with Crippen LogP contribution in [0.1, 0.15) is 12.1 Å². The smallest absolute Gasteiger partial charge is 0.347 e. The Morgan fingerprint density at radius 2 is 1.36 bits per heavy atom. The molecule has 2 unspecified atom stereocenters. The van der Waals surface area contributed by atoms with Crippen LogP contribution in [0.15, 0.2) is 9.59 Å². The molecular formula is C15H13N3O4. The second-order valence-corrected chi connectivity index (χ2v) is 8.82. The maximum Gasteiger partial charge on any atom is 0.347 e. The van der Waals surface area contributed by atoms with Crippen LogP contribution in [0.3, 0.4) is 0 Å². The number of fused-ring (bicyclic) bond motifs is 3. The molecule has 5 saturated carbocycles. The van der Waals surface area contributed by atoms with Gasteiger partial charge in [0.25, 0.3) is 0 Å². The zero-order valence-electron chi connectivity index (χ0n) is 11.7. The molecule has 2 spiro atoms. The fourth-order valence-corrected chi connectivity index (χ4v) is 8.93. The third-order valence-electron chi connectivity index (χ3n) is 9.02. The Bertz CT molecular complexity index is 930. The highest BCUT2D eigenvalue weighted by Crippen LogP contribution is 3.07. The molecule has 112 valence electrons. The standard InChI is InChI=1S/C15H13N3O4/c1-16-12(19)17-8-3-2-4(3)9(18(17)13(16)20)15-7(2)14(8,15)10-5(21-10)6-11(15)22-6/h2-11H,1H3/t2?,3-,4+,5+,6-,7?,8+,9-,10-,11-,14+,15-/m0/s1. The van der Waals surface area contributed by atoms with Gasteiger partial charge in [-0.05, 0) is 23.7 Å². The number of rotatable bonds is 0. The molecule has 12 atom stereocenters. The van der Waals surface area contributed by atoms with Gasteiger partial charge in [-0.25, -0.2) is 23.5 Å². The predicted octanol–water partition coefficient (Wildman–Crippen LogP) is -1.52. The molecule has 2 saturated heterocycles. The molecule has 5 heterocycles. The molecule has 7 nitrogen and oxygen atoms in total. The minimum atomic E-state index is -0.129. The van der Waals surface area contributed by atoms with E-state index in [1.807, 2.05) is 9.36 Å². The average molecular weight is 299 g/mol. The van der Waals surface area contributed by atoms with Gasteiger partial charge < -0.3 is 9.47 Å². The number of aromatic nitrogens is 3. The Balaban J connectivity index is 1.50. The monoisotopic (exact) mass is 299 g/mol. The Morgan fingerprint density at radius 3 is 1.86 bits per heavy atom. The lowest BCUT2D eigenvalue weighted by atomic mass is 9.64. The van der Waals surface area contributed by atoms with E-state index in [9.17, 15) is 9.59 Å². The van der Waals surface area contributed by atoms with Crippen molar-refractivity contribution in [1.29, 1.82) is 0 Å². The van der Waals surface area contributed by atoms with Crippen molar-refractivity contribution in [1.82, 2.24) is 13.9 Å². The molecule has 7 fully saturated rings. The van der Waals surface area contributed by atoms with Crippen LogP contribution in [-0.4, -0.2) is 38.3 Å². The van der Waals surface area contributed by atoms with Crippen LogP contribution in [0.25, 0.3) is 0 Å². The van der Waals surface area contributed by atoms with Gasteiger partial charge in [0.15, 0.2) is 0 Å². The van der Waals surface area contributed by atoms with Gasteiger partial charge in [0.2, 0.25) is 0 Å². The highest BCUT2D eigenvalue weighted by Gasteiger charge is 3.11. The van der Waals surface area contributed by atoms with Gasteiger partial charge in [-0.15, -0.1) is 0 Å². The molecule has 7 heteroatoms. The van der Waals surface area contributed by atoms with E-state index < -0.39 is 0 Å². The maximum atomic E-state index is 12.7. The first kappa shape index (κ1) is 9.72. The maximum absolute atomic E-state index is 12.7. The molecular weight excluding hydrogens is 286 g/mol. The summed E-state index contributed by atoms with van der Waals surface area (Å²) in [5.74, 6) is 2.61. The molecule has 1 aromatic heterocycles. The van der Waals surface area contributed by atoms with Crippen LogP contribution in [0.5, 0.6) is 0 Å².